The maximum atomic E-state index is 11.7. The Morgan fingerprint density at radius 3 is 2.44 bits per heavy atom. The highest BCUT2D eigenvalue weighted by Gasteiger charge is 2.08. The van der Waals surface area contributed by atoms with Crippen molar-refractivity contribution in [3.05, 3.63) is 39.9 Å². The van der Waals surface area contributed by atoms with Gasteiger partial charge in [-0.15, -0.1) is 0 Å². The zero-order chi connectivity index (χ0) is 13.5. The van der Waals surface area contributed by atoms with Crippen molar-refractivity contribution in [2.45, 2.75) is 20.3 Å². The van der Waals surface area contributed by atoms with Gasteiger partial charge in [-0.2, -0.15) is 0 Å². The lowest BCUT2D eigenvalue weighted by molar-refractivity contribution is -0.384. The van der Waals surface area contributed by atoms with Crippen molar-refractivity contribution in [2.24, 2.45) is 5.92 Å². The predicted octanol–water partition coefficient (Wildman–Crippen LogP) is 2.41. The Kier molecular flexibility index (Phi) is 5.45. The van der Waals surface area contributed by atoms with Gasteiger partial charge in [0.2, 0.25) is 0 Å². The number of rotatable bonds is 7. The average Bonchev–Trinajstić information content (AvgIpc) is 2.34. The van der Waals surface area contributed by atoms with Gasteiger partial charge in [0, 0.05) is 17.7 Å². The van der Waals surface area contributed by atoms with Crippen LogP contribution in [0.2, 0.25) is 0 Å². The maximum Gasteiger partial charge on any atom is 0.269 e. The van der Waals surface area contributed by atoms with Crippen LogP contribution in [-0.4, -0.2) is 23.8 Å². The van der Waals surface area contributed by atoms with E-state index in [0.717, 1.165) is 13.0 Å². The Morgan fingerprint density at radius 2 is 1.94 bits per heavy atom. The summed E-state index contributed by atoms with van der Waals surface area (Å²) in [5.41, 5.74) is 0.497. The van der Waals surface area contributed by atoms with Gasteiger partial charge >= 0.3 is 0 Å². The Morgan fingerprint density at radius 1 is 1.33 bits per heavy atom. The van der Waals surface area contributed by atoms with Crippen molar-refractivity contribution in [2.75, 3.05) is 13.1 Å². The number of hydrogen-bond acceptors (Lipinski definition) is 4. The Bertz CT molecular complexity index is 413. The molecule has 0 unspecified atom stereocenters. The van der Waals surface area contributed by atoms with Gasteiger partial charge in [0.15, 0.2) is 5.78 Å². The molecule has 0 amide bonds. The number of non-ortho nitro benzene ring substituents is 1. The summed E-state index contributed by atoms with van der Waals surface area (Å²) >= 11 is 0. The maximum absolute atomic E-state index is 11.7. The van der Waals surface area contributed by atoms with Gasteiger partial charge in [0.25, 0.3) is 5.69 Å². The van der Waals surface area contributed by atoms with E-state index in [-0.39, 0.29) is 18.0 Å². The molecule has 0 heterocycles. The molecule has 18 heavy (non-hydrogen) atoms. The van der Waals surface area contributed by atoms with Crippen molar-refractivity contribution in [1.29, 1.82) is 0 Å². The highest BCUT2D eigenvalue weighted by atomic mass is 16.6. The predicted molar refractivity (Wildman–Crippen MR) is 69.8 cm³/mol. The van der Waals surface area contributed by atoms with Gasteiger partial charge in [0.05, 0.1) is 11.5 Å². The molecular formula is C13H18N2O3. The fourth-order valence-corrected chi connectivity index (χ4v) is 1.46. The van der Waals surface area contributed by atoms with Crippen LogP contribution in [0.4, 0.5) is 5.69 Å². The fraction of sp³-hybridized carbons (Fsp3) is 0.462. The van der Waals surface area contributed by atoms with Crippen LogP contribution in [0, 0.1) is 16.0 Å². The lowest BCUT2D eigenvalue weighted by atomic mass is 10.1. The lowest BCUT2D eigenvalue weighted by Gasteiger charge is -2.06. The number of Topliss-reactive ketones (excluding diaryl/α,β-unsaturated/α-hetero) is 1. The normalized spacial score (nSPS) is 10.6. The van der Waals surface area contributed by atoms with Gasteiger partial charge in [0.1, 0.15) is 0 Å². The summed E-state index contributed by atoms with van der Waals surface area (Å²) in [4.78, 5) is 21.7. The number of hydrogen-bond donors (Lipinski definition) is 1. The summed E-state index contributed by atoms with van der Waals surface area (Å²) in [6.07, 6.45) is 1.02. The molecule has 0 saturated heterocycles. The highest BCUT2D eigenvalue weighted by Crippen LogP contribution is 2.12. The first-order chi connectivity index (χ1) is 8.50. The SMILES string of the molecule is CC(C)CCNCC(=O)c1ccc([N+](=O)[O-])cc1. The first kappa shape index (κ1) is 14.3. The molecule has 5 nitrogen and oxygen atoms in total. The summed E-state index contributed by atoms with van der Waals surface area (Å²) < 4.78 is 0. The van der Waals surface area contributed by atoms with Gasteiger partial charge in [-0.25, -0.2) is 0 Å². The molecule has 1 aromatic rings. The van der Waals surface area contributed by atoms with E-state index in [1.165, 1.54) is 24.3 Å². The number of nitro groups is 1. The number of carbonyl (C=O) groups is 1. The third-order valence-corrected chi connectivity index (χ3v) is 2.58. The molecule has 1 rings (SSSR count). The van der Waals surface area contributed by atoms with Crippen molar-refractivity contribution < 1.29 is 9.72 Å². The summed E-state index contributed by atoms with van der Waals surface area (Å²) in [6.45, 7) is 5.32. The second kappa shape index (κ2) is 6.86. The Hall–Kier alpha value is -1.75. The van der Waals surface area contributed by atoms with E-state index in [2.05, 4.69) is 19.2 Å². The minimum atomic E-state index is -0.477. The van der Waals surface area contributed by atoms with Crippen LogP contribution in [0.1, 0.15) is 30.6 Å². The molecule has 0 aromatic heterocycles. The van der Waals surface area contributed by atoms with E-state index in [9.17, 15) is 14.9 Å². The number of nitrogens with zero attached hydrogens (tertiary/aromatic N) is 1. The molecule has 0 fully saturated rings. The van der Waals surface area contributed by atoms with Crippen molar-refractivity contribution in [3.8, 4) is 0 Å². The summed E-state index contributed by atoms with van der Waals surface area (Å²) in [7, 11) is 0. The van der Waals surface area contributed by atoms with Crippen LogP contribution in [0.3, 0.4) is 0 Å². The molecule has 98 valence electrons. The Balaban J connectivity index is 2.44. The first-order valence-electron chi connectivity index (χ1n) is 5.99. The van der Waals surface area contributed by atoms with E-state index < -0.39 is 4.92 Å². The third-order valence-electron chi connectivity index (χ3n) is 2.58. The van der Waals surface area contributed by atoms with Crippen molar-refractivity contribution >= 4 is 11.5 Å². The van der Waals surface area contributed by atoms with Crippen molar-refractivity contribution in [1.82, 2.24) is 5.32 Å². The zero-order valence-corrected chi connectivity index (χ0v) is 10.7. The fourth-order valence-electron chi connectivity index (χ4n) is 1.46. The van der Waals surface area contributed by atoms with Gasteiger partial charge in [-0.05, 0) is 31.0 Å². The lowest BCUT2D eigenvalue weighted by Crippen LogP contribution is -2.24. The monoisotopic (exact) mass is 250 g/mol. The minimum Gasteiger partial charge on any atom is -0.310 e. The van der Waals surface area contributed by atoms with Crippen molar-refractivity contribution in [3.63, 3.8) is 0 Å². The number of benzene rings is 1. The molecule has 0 saturated carbocycles. The molecule has 0 aliphatic heterocycles. The number of ketones is 1. The quantitative estimate of drug-likeness (QED) is 0.349. The van der Waals surface area contributed by atoms with Crippen LogP contribution in [0.15, 0.2) is 24.3 Å². The summed E-state index contributed by atoms with van der Waals surface area (Å²) in [5, 5.41) is 13.5. The van der Waals surface area contributed by atoms with E-state index in [1.54, 1.807) is 0 Å². The zero-order valence-electron chi connectivity index (χ0n) is 10.7. The number of carbonyl (C=O) groups excluding carboxylic acids is 1. The largest absolute Gasteiger partial charge is 0.310 e. The van der Waals surface area contributed by atoms with E-state index in [1.807, 2.05) is 0 Å². The van der Waals surface area contributed by atoms with Crippen LogP contribution >= 0.6 is 0 Å². The van der Waals surface area contributed by atoms with Gasteiger partial charge in [-0.1, -0.05) is 13.8 Å². The molecule has 1 N–H and O–H groups in total. The van der Waals surface area contributed by atoms with E-state index in [4.69, 9.17) is 0 Å². The van der Waals surface area contributed by atoms with Gasteiger partial charge in [-0.3, -0.25) is 14.9 Å². The second-order valence-corrected chi connectivity index (χ2v) is 4.59. The topological polar surface area (TPSA) is 72.2 Å². The molecule has 0 radical (unpaired) electrons. The smallest absolute Gasteiger partial charge is 0.269 e. The molecule has 1 aromatic carbocycles. The summed E-state index contributed by atoms with van der Waals surface area (Å²) in [6, 6.07) is 5.68. The highest BCUT2D eigenvalue weighted by molar-refractivity contribution is 5.97. The van der Waals surface area contributed by atoms with Gasteiger partial charge < -0.3 is 5.32 Å². The average molecular weight is 250 g/mol. The summed E-state index contributed by atoms with van der Waals surface area (Å²) in [5.74, 6) is 0.556. The minimum absolute atomic E-state index is 0.000632. The second-order valence-electron chi connectivity index (χ2n) is 4.59. The molecule has 0 bridgehead atoms. The number of nitrogens with one attached hydrogen (secondary N) is 1. The van der Waals surface area contributed by atoms with E-state index in [0.29, 0.717) is 11.5 Å². The van der Waals surface area contributed by atoms with Crippen LogP contribution in [-0.2, 0) is 0 Å². The van der Waals surface area contributed by atoms with Crippen LogP contribution in [0.25, 0.3) is 0 Å². The molecule has 0 atom stereocenters. The Labute approximate surface area is 106 Å². The molecule has 0 aliphatic rings. The first-order valence-corrected chi connectivity index (χ1v) is 5.99. The third kappa shape index (κ3) is 4.63. The molecule has 0 aliphatic carbocycles. The standard InChI is InChI=1S/C13H18N2O3/c1-10(2)7-8-14-9-13(16)11-3-5-12(6-4-11)15(17)18/h3-6,10,14H,7-9H2,1-2H3. The van der Waals surface area contributed by atoms with Crippen LogP contribution < -0.4 is 5.32 Å². The van der Waals surface area contributed by atoms with Crippen LogP contribution in [0.5, 0.6) is 0 Å². The molecule has 0 spiro atoms. The molecule has 5 heteroatoms. The van der Waals surface area contributed by atoms with E-state index >= 15 is 0 Å². The number of nitro benzene ring substituents is 1. The molecular weight excluding hydrogens is 232 g/mol.